The van der Waals surface area contributed by atoms with Crippen molar-refractivity contribution >= 4 is 22.9 Å². The molecule has 0 aliphatic heterocycles. The summed E-state index contributed by atoms with van der Waals surface area (Å²) >= 11 is 0. The zero-order valence-electron chi connectivity index (χ0n) is 17.0. The van der Waals surface area contributed by atoms with E-state index in [1.54, 1.807) is 30.6 Å². The molecule has 0 saturated carbocycles. The van der Waals surface area contributed by atoms with Crippen LogP contribution < -0.4 is 16.2 Å². The molecule has 3 aromatic heterocycles. The molecule has 0 radical (unpaired) electrons. The van der Waals surface area contributed by atoms with Crippen molar-refractivity contribution in [1.29, 1.82) is 0 Å². The number of amides is 1. The summed E-state index contributed by atoms with van der Waals surface area (Å²) in [5.74, 6) is -0.217. The molecule has 0 fully saturated rings. The number of benzene rings is 1. The van der Waals surface area contributed by atoms with Gasteiger partial charge in [0.1, 0.15) is 0 Å². The lowest BCUT2D eigenvalue weighted by Gasteiger charge is -2.14. The van der Waals surface area contributed by atoms with Crippen LogP contribution in [0.1, 0.15) is 23.7 Å². The number of aromatic amines is 1. The fraction of sp³-hybridized carbons (Fsp3) is 0.174. The molecule has 4 N–H and O–H groups in total. The molecule has 0 saturated heterocycles. The van der Waals surface area contributed by atoms with Crippen molar-refractivity contribution in [3.8, 4) is 11.3 Å². The predicted molar refractivity (Wildman–Crippen MR) is 120 cm³/mol. The molecule has 1 amide bonds. The Morgan fingerprint density at radius 3 is 2.71 bits per heavy atom. The largest absolute Gasteiger partial charge is 0.394 e. The molecule has 8 nitrogen and oxygen atoms in total. The molecular formula is C23H23N5O3. The van der Waals surface area contributed by atoms with Crippen LogP contribution in [0.25, 0.3) is 16.9 Å². The molecule has 1 aromatic carbocycles. The first kappa shape index (κ1) is 20.4. The van der Waals surface area contributed by atoms with Crippen molar-refractivity contribution in [3.63, 3.8) is 0 Å². The van der Waals surface area contributed by atoms with Crippen LogP contribution >= 0.6 is 0 Å². The zero-order valence-corrected chi connectivity index (χ0v) is 17.0. The van der Waals surface area contributed by atoms with Crippen molar-refractivity contribution in [2.45, 2.75) is 19.4 Å². The lowest BCUT2D eigenvalue weighted by atomic mass is 10.1. The number of hydrogen-bond donors (Lipinski definition) is 4. The van der Waals surface area contributed by atoms with Crippen LogP contribution in [-0.2, 0) is 0 Å². The maximum absolute atomic E-state index is 12.3. The number of fused-ring (bicyclic) bond motifs is 1. The Morgan fingerprint density at radius 1 is 1.19 bits per heavy atom. The maximum Gasteiger partial charge on any atom is 0.251 e. The summed E-state index contributed by atoms with van der Waals surface area (Å²) in [7, 11) is 0. The predicted octanol–water partition coefficient (Wildman–Crippen LogP) is 2.93. The molecule has 8 heteroatoms. The van der Waals surface area contributed by atoms with Gasteiger partial charge in [-0.15, -0.1) is 0 Å². The lowest BCUT2D eigenvalue weighted by molar-refractivity contribution is 0.0915. The first-order valence-corrected chi connectivity index (χ1v) is 10.0. The Labute approximate surface area is 178 Å². The molecule has 0 aliphatic rings. The molecule has 3 heterocycles. The molecule has 0 spiro atoms. The molecule has 1 atom stereocenters. The van der Waals surface area contributed by atoms with Gasteiger partial charge in [0.25, 0.3) is 5.91 Å². The fourth-order valence-corrected chi connectivity index (χ4v) is 3.36. The quantitative estimate of drug-likeness (QED) is 0.369. The molecular weight excluding hydrogens is 394 g/mol. The van der Waals surface area contributed by atoms with Crippen LogP contribution in [0.2, 0.25) is 0 Å². The Hall–Kier alpha value is -3.91. The molecule has 0 aliphatic carbocycles. The minimum atomic E-state index is -0.252. The zero-order chi connectivity index (χ0) is 21.8. The summed E-state index contributed by atoms with van der Waals surface area (Å²) in [4.78, 5) is 31.0. The van der Waals surface area contributed by atoms with Gasteiger partial charge in [0.15, 0.2) is 5.65 Å². The monoisotopic (exact) mass is 417 g/mol. The van der Waals surface area contributed by atoms with Crippen molar-refractivity contribution in [3.05, 3.63) is 83.0 Å². The topological polar surface area (TPSA) is 112 Å². The second-order valence-electron chi connectivity index (χ2n) is 7.16. The average Bonchev–Trinajstić information content (AvgIpc) is 3.28. The molecule has 4 rings (SSSR count). The number of nitrogens with zero attached hydrogens (tertiary/aromatic N) is 2. The number of anilines is 2. The SMILES string of the molecule is CCC(CO)NC(=O)c1ccc(Nc2ccc(-c3cc[nH]c(=O)c3)n3ccnc23)cc1. The van der Waals surface area contributed by atoms with Gasteiger partial charge in [-0.1, -0.05) is 6.92 Å². The van der Waals surface area contributed by atoms with Crippen LogP contribution in [-0.4, -0.2) is 38.0 Å². The van der Waals surface area contributed by atoms with E-state index in [0.29, 0.717) is 17.6 Å². The maximum atomic E-state index is 12.3. The smallest absolute Gasteiger partial charge is 0.251 e. The molecule has 4 aromatic rings. The van der Waals surface area contributed by atoms with E-state index in [2.05, 4.69) is 20.6 Å². The summed E-state index contributed by atoms with van der Waals surface area (Å²) in [6.45, 7) is 1.82. The van der Waals surface area contributed by atoms with Gasteiger partial charge in [-0.2, -0.15) is 0 Å². The van der Waals surface area contributed by atoms with Gasteiger partial charge < -0.3 is 20.7 Å². The van der Waals surface area contributed by atoms with Crippen molar-refractivity contribution < 1.29 is 9.90 Å². The Kier molecular flexibility index (Phi) is 5.81. The van der Waals surface area contributed by atoms with Crippen LogP contribution in [0, 0.1) is 0 Å². The number of aliphatic hydroxyl groups is 1. The summed E-state index contributed by atoms with van der Waals surface area (Å²) in [6, 6.07) is 14.1. The van der Waals surface area contributed by atoms with E-state index in [0.717, 1.165) is 22.6 Å². The number of rotatable bonds is 7. The van der Waals surface area contributed by atoms with E-state index >= 15 is 0 Å². The van der Waals surface area contributed by atoms with E-state index in [9.17, 15) is 14.7 Å². The summed E-state index contributed by atoms with van der Waals surface area (Å²) in [6.07, 6.45) is 5.83. The average molecular weight is 417 g/mol. The van der Waals surface area contributed by atoms with Gasteiger partial charge in [0.05, 0.1) is 24.0 Å². The van der Waals surface area contributed by atoms with Crippen LogP contribution in [0.15, 0.2) is 71.9 Å². The number of pyridine rings is 2. The highest BCUT2D eigenvalue weighted by molar-refractivity contribution is 5.95. The minimum absolute atomic E-state index is 0.0877. The number of hydrogen-bond acceptors (Lipinski definition) is 5. The van der Waals surface area contributed by atoms with E-state index in [-0.39, 0.29) is 24.1 Å². The van der Waals surface area contributed by atoms with E-state index < -0.39 is 0 Å². The Balaban J connectivity index is 1.57. The summed E-state index contributed by atoms with van der Waals surface area (Å²) in [5.41, 5.74) is 4.32. The van der Waals surface area contributed by atoms with Crippen LogP contribution in [0.3, 0.4) is 0 Å². The highest BCUT2D eigenvalue weighted by Gasteiger charge is 2.12. The minimum Gasteiger partial charge on any atom is -0.394 e. The van der Waals surface area contributed by atoms with Crippen LogP contribution in [0.5, 0.6) is 0 Å². The second-order valence-corrected chi connectivity index (χ2v) is 7.16. The Bertz CT molecular complexity index is 1260. The fourth-order valence-electron chi connectivity index (χ4n) is 3.36. The summed E-state index contributed by atoms with van der Waals surface area (Å²) < 4.78 is 1.92. The first-order valence-electron chi connectivity index (χ1n) is 10.0. The van der Waals surface area contributed by atoms with Gasteiger partial charge in [0, 0.05) is 41.5 Å². The van der Waals surface area contributed by atoms with E-state index in [4.69, 9.17) is 0 Å². The molecule has 31 heavy (non-hydrogen) atoms. The molecule has 1 unspecified atom stereocenters. The molecule has 158 valence electrons. The van der Waals surface area contributed by atoms with Gasteiger partial charge in [-0.25, -0.2) is 4.98 Å². The van der Waals surface area contributed by atoms with Gasteiger partial charge in [-0.05, 0) is 48.9 Å². The van der Waals surface area contributed by atoms with Gasteiger partial charge >= 0.3 is 0 Å². The first-order chi connectivity index (χ1) is 15.1. The second kappa shape index (κ2) is 8.85. The lowest BCUT2D eigenvalue weighted by Crippen LogP contribution is -2.36. The van der Waals surface area contributed by atoms with Crippen molar-refractivity contribution in [2.24, 2.45) is 0 Å². The van der Waals surface area contributed by atoms with Crippen molar-refractivity contribution in [2.75, 3.05) is 11.9 Å². The number of carbonyl (C=O) groups is 1. The summed E-state index contributed by atoms with van der Waals surface area (Å²) in [5, 5.41) is 15.4. The number of aromatic nitrogens is 3. The normalized spacial score (nSPS) is 11.9. The number of H-pyrrole nitrogens is 1. The third kappa shape index (κ3) is 4.34. The number of nitrogens with one attached hydrogen (secondary N) is 3. The standard InChI is InChI=1S/C23H23N5O3/c1-2-17(14-29)27-23(31)15-3-5-18(6-4-15)26-19-7-8-20(28-12-11-25-22(19)28)16-9-10-24-21(30)13-16/h3-13,17,26,29H,2,14H2,1H3,(H,24,30)(H,27,31). The highest BCUT2D eigenvalue weighted by Crippen LogP contribution is 2.27. The Morgan fingerprint density at radius 2 is 2.00 bits per heavy atom. The van der Waals surface area contributed by atoms with Gasteiger partial charge in [-0.3, -0.25) is 14.0 Å². The molecule has 0 bridgehead atoms. The van der Waals surface area contributed by atoms with E-state index in [1.165, 1.54) is 0 Å². The third-order valence-electron chi connectivity index (χ3n) is 5.09. The highest BCUT2D eigenvalue weighted by atomic mass is 16.3. The number of aliphatic hydroxyl groups excluding tert-OH is 1. The van der Waals surface area contributed by atoms with Crippen LogP contribution in [0.4, 0.5) is 11.4 Å². The van der Waals surface area contributed by atoms with Gasteiger partial charge in [0.2, 0.25) is 5.56 Å². The van der Waals surface area contributed by atoms with E-state index in [1.807, 2.05) is 47.9 Å². The van der Waals surface area contributed by atoms with Crippen molar-refractivity contribution in [1.82, 2.24) is 19.7 Å². The number of imidazole rings is 1. The number of carbonyl (C=O) groups excluding carboxylic acids is 1. The third-order valence-corrected chi connectivity index (χ3v) is 5.09.